The molecule has 0 bridgehead atoms. The summed E-state index contributed by atoms with van der Waals surface area (Å²) in [5.74, 6) is -0.889. The van der Waals surface area contributed by atoms with Crippen LogP contribution in [0.3, 0.4) is 0 Å². The highest BCUT2D eigenvalue weighted by Crippen LogP contribution is 2.30. The van der Waals surface area contributed by atoms with Crippen molar-refractivity contribution in [2.75, 3.05) is 20.1 Å². The fourth-order valence-corrected chi connectivity index (χ4v) is 8.23. The summed E-state index contributed by atoms with van der Waals surface area (Å²) in [6.45, 7) is 16.1. The van der Waals surface area contributed by atoms with E-state index in [0.717, 1.165) is 44.2 Å². The molecular formula is C48H63N7O6. The topological polar surface area (TPSA) is 168 Å². The van der Waals surface area contributed by atoms with Crippen molar-refractivity contribution in [1.82, 2.24) is 35.3 Å². The smallest absolute Gasteiger partial charge is 0.407 e. The number of likely N-dealkylation sites (N-methyl/N-ethyl adjacent to an activating group) is 1. The number of hydrogen-bond donors (Lipinski definition) is 4. The van der Waals surface area contributed by atoms with E-state index in [-0.39, 0.29) is 24.8 Å². The van der Waals surface area contributed by atoms with Crippen LogP contribution in [0.25, 0.3) is 11.1 Å². The third-order valence-electron chi connectivity index (χ3n) is 11.2. The Balaban J connectivity index is 1.43. The Kier molecular flexibility index (Phi) is 14.9. The lowest BCUT2D eigenvalue weighted by molar-refractivity contribution is -0.131. The molecule has 2 aromatic carbocycles. The number of aromatic nitrogens is 2. The molecule has 5 amide bonds. The fraction of sp³-hybridized carbons (Fsp3) is 0.458. The molecule has 1 fully saturated rings. The van der Waals surface area contributed by atoms with Gasteiger partial charge in [-0.2, -0.15) is 0 Å². The van der Waals surface area contributed by atoms with Gasteiger partial charge in [-0.05, 0) is 78.8 Å². The van der Waals surface area contributed by atoms with E-state index in [4.69, 9.17) is 0 Å². The molecule has 2 aromatic heterocycles. The maximum atomic E-state index is 14.6. The summed E-state index contributed by atoms with van der Waals surface area (Å²) < 4.78 is 0. The number of amides is 5. The van der Waals surface area contributed by atoms with E-state index < -0.39 is 53.1 Å². The standard InChI is InChI=1S/C48H63N7O6/c1-31-18-21-36(29-49-31)35-22-19-34(20-23-35)27-39(52-43(57)41(47(3,4)5)53(9)46(60)61)40(56)28-38(26-33-15-11-10-12-16-33)51-44(58)42(48(6,7)8)55-25-24-54(45(55)59)30-37-17-13-14-32(2)50-37/h10-23,29,38-42,56H,24-28,30H2,1-9H3,(H,51,58)(H,52,57)(H,60,61)/t38-,39-,40-,41+,42+/m0/s1. The first-order valence-electron chi connectivity index (χ1n) is 21.0. The Morgan fingerprint density at radius 2 is 1.43 bits per heavy atom. The Bertz CT molecular complexity index is 2120. The number of aliphatic hydroxyl groups is 1. The Labute approximate surface area is 360 Å². The maximum Gasteiger partial charge on any atom is 0.407 e. The third kappa shape index (κ3) is 12.4. The number of aryl methyl sites for hydroxylation is 2. The molecule has 1 saturated heterocycles. The molecule has 4 N–H and O–H groups in total. The molecule has 0 saturated carbocycles. The molecule has 61 heavy (non-hydrogen) atoms. The van der Waals surface area contributed by atoms with Gasteiger partial charge in [-0.25, -0.2) is 9.59 Å². The molecule has 3 heterocycles. The number of pyridine rings is 2. The van der Waals surface area contributed by atoms with Gasteiger partial charge in [0.15, 0.2) is 0 Å². The molecule has 1 aliphatic rings. The van der Waals surface area contributed by atoms with Crippen molar-refractivity contribution in [1.29, 1.82) is 0 Å². The van der Waals surface area contributed by atoms with E-state index in [1.165, 1.54) is 7.05 Å². The number of aliphatic hydroxyl groups excluding tert-OH is 1. The van der Waals surface area contributed by atoms with Gasteiger partial charge in [0.2, 0.25) is 11.8 Å². The van der Waals surface area contributed by atoms with Crippen LogP contribution in [0.4, 0.5) is 9.59 Å². The first-order chi connectivity index (χ1) is 28.7. The van der Waals surface area contributed by atoms with E-state index in [0.29, 0.717) is 26.1 Å². The average Bonchev–Trinajstić information content (AvgIpc) is 3.52. The lowest BCUT2D eigenvalue weighted by atomic mass is 9.84. The predicted molar refractivity (Wildman–Crippen MR) is 237 cm³/mol. The molecule has 1 aliphatic heterocycles. The van der Waals surface area contributed by atoms with Gasteiger partial charge in [0, 0.05) is 49.3 Å². The van der Waals surface area contributed by atoms with Gasteiger partial charge in [-0.1, -0.05) is 108 Å². The Hall–Kier alpha value is -5.82. The number of nitrogens with one attached hydrogen (secondary N) is 2. The number of benzene rings is 2. The van der Waals surface area contributed by atoms with Gasteiger partial charge < -0.3 is 30.6 Å². The zero-order chi connectivity index (χ0) is 44.6. The van der Waals surface area contributed by atoms with Crippen LogP contribution in [0.5, 0.6) is 0 Å². The van der Waals surface area contributed by atoms with Gasteiger partial charge in [0.1, 0.15) is 12.1 Å². The Morgan fingerprint density at radius 3 is 2.02 bits per heavy atom. The summed E-state index contributed by atoms with van der Waals surface area (Å²) >= 11 is 0. The summed E-state index contributed by atoms with van der Waals surface area (Å²) in [5, 5.41) is 28.4. The number of hydrogen-bond acceptors (Lipinski definition) is 7. The molecule has 0 unspecified atom stereocenters. The van der Waals surface area contributed by atoms with Crippen molar-refractivity contribution < 1.29 is 29.4 Å². The molecule has 4 aromatic rings. The molecule has 5 rings (SSSR count). The summed E-state index contributed by atoms with van der Waals surface area (Å²) in [4.78, 5) is 68.2. The molecule has 0 spiro atoms. The van der Waals surface area contributed by atoms with Crippen LogP contribution in [0.1, 0.15) is 76.2 Å². The lowest BCUT2D eigenvalue weighted by Gasteiger charge is -2.38. The first-order valence-corrected chi connectivity index (χ1v) is 21.0. The van der Waals surface area contributed by atoms with Gasteiger partial charge in [0.25, 0.3) is 0 Å². The van der Waals surface area contributed by atoms with Crippen LogP contribution in [0.2, 0.25) is 0 Å². The lowest BCUT2D eigenvalue weighted by Crippen LogP contribution is -2.59. The van der Waals surface area contributed by atoms with Crippen molar-refractivity contribution in [3.05, 3.63) is 119 Å². The van der Waals surface area contributed by atoms with Crippen LogP contribution in [0, 0.1) is 24.7 Å². The number of nitrogens with zero attached hydrogens (tertiary/aromatic N) is 5. The van der Waals surface area contributed by atoms with Crippen molar-refractivity contribution in [3.8, 4) is 11.1 Å². The van der Waals surface area contributed by atoms with Crippen molar-refractivity contribution in [2.45, 2.75) is 111 Å². The van der Waals surface area contributed by atoms with E-state index in [2.05, 4.69) is 20.6 Å². The normalized spacial score (nSPS) is 15.7. The van der Waals surface area contributed by atoms with Crippen molar-refractivity contribution >= 4 is 23.9 Å². The van der Waals surface area contributed by atoms with Gasteiger partial charge in [-0.3, -0.25) is 24.5 Å². The number of carboxylic acid groups (broad SMARTS) is 1. The quantitative estimate of drug-likeness (QED) is 0.0975. The highest BCUT2D eigenvalue weighted by molar-refractivity contribution is 5.89. The van der Waals surface area contributed by atoms with Crippen LogP contribution >= 0.6 is 0 Å². The van der Waals surface area contributed by atoms with Crippen LogP contribution in [-0.2, 0) is 29.0 Å². The third-order valence-corrected chi connectivity index (χ3v) is 11.2. The minimum absolute atomic E-state index is 0.0453. The predicted octanol–water partition coefficient (Wildman–Crippen LogP) is 6.64. The van der Waals surface area contributed by atoms with E-state index >= 15 is 0 Å². The molecule has 326 valence electrons. The minimum Gasteiger partial charge on any atom is -0.465 e. The largest absolute Gasteiger partial charge is 0.465 e. The number of carbonyl (C=O) groups excluding carboxylic acids is 3. The summed E-state index contributed by atoms with van der Waals surface area (Å²) in [6.07, 6.45) is 0.00657. The average molecular weight is 834 g/mol. The molecule has 13 heteroatoms. The SMILES string of the molecule is Cc1ccc(-c2ccc(C[C@H](NC(=O)[C@@H](N(C)C(=O)O)C(C)(C)C)[C@@H](O)C[C@H](Cc3ccccc3)NC(=O)[C@@H](N3CCN(Cc4cccc(C)n4)C3=O)C(C)(C)C)cc2)cn1. The van der Waals surface area contributed by atoms with E-state index in [1.807, 2.05) is 126 Å². The second-order valence-electron chi connectivity index (χ2n) is 18.5. The summed E-state index contributed by atoms with van der Waals surface area (Å²) in [5.41, 5.74) is 4.79. The van der Waals surface area contributed by atoms with E-state index in [1.54, 1.807) is 30.6 Å². The number of rotatable bonds is 16. The van der Waals surface area contributed by atoms with Crippen LogP contribution < -0.4 is 10.6 Å². The van der Waals surface area contributed by atoms with Gasteiger partial charge in [0.05, 0.1) is 24.4 Å². The minimum atomic E-state index is -1.25. The second kappa shape index (κ2) is 19.7. The van der Waals surface area contributed by atoms with Crippen molar-refractivity contribution in [2.24, 2.45) is 10.8 Å². The number of urea groups is 1. The highest BCUT2D eigenvalue weighted by atomic mass is 16.4. The zero-order valence-electron chi connectivity index (χ0n) is 37.1. The summed E-state index contributed by atoms with van der Waals surface area (Å²) in [6, 6.07) is 23.5. The molecule has 0 aliphatic carbocycles. The van der Waals surface area contributed by atoms with E-state index in [9.17, 15) is 29.4 Å². The second-order valence-corrected chi connectivity index (χ2v) is 18.5. The van der Waals surface area contributed by atoms with Gasteiger partial charge >= 0.3 is 12.1 Å². The molecule has 5 atom stereocenters. The van der Waals surface area contributed by atoms with Crippen LogP contribution in [-0.4, -0.2) is 109 Å². The zero-order valence-corrected chi connectivity index (χ0v) is 37.1. The fourth-order valence-electron chi connectivity index (χ4n) is 8.23. The maximum absolute atomic E-state index is 14.6. The first kappa shape index (κ1) is 46.2. The van der Waals surface area contributed by atoms with Crippen molar-refractivity contribution in [3.63, 3.8) is 0 Å². The molecule has 0 radical (unpaired) electrons. The summed E-state index contributed by atoms with van der Waals surface area (Å²) in [7, 11) is 1.36. The highest BCUT2D eigenvalue weighted by Gasteiger charge is 2.44. The Morgan fingerprint density at radius 1 is 0.770 bits per heavy atom. The number of carbonyl (C=O) groups is 4. The molecular weight excluding hydrogens is 771 g/mol. The van der Waals surface area contributed by atoms with Gasteiger partial charge in [-0.15, -0.1) is 0 Å². The molecule has 13 nitrogen and oxygen atoms in total. The monoisotopic (exact) mass is 833 g/mol. The van der Waals surface area contributed by atoms with Crippen LogP contribution in [0.15, 0.2) is 91.1 Å².